The van der Waals surface area contributed by atoms with Crippen LogP contribution in [0.4, 0.5) is 0 Å². The Balaban J connectivity index is 2.57. The molecule has 0 saturated carbocycles. The first-order chi connectivity index (χ1) is 7.46. The molecule has 1 aliphatic heterocycles. The Morgan fingerprint density at radius 2 is 2.12 bits per heavy atom. The number of hydrogen-bond donors (Lipinski definition) is 1. The van der Waals surface area contributed by atoms with Gasteiger partial charge in [0, 0.05) is 31.2 Å². The van der Waals surface area contributed by atoms with E-state index in [4.69, 9.17) is 0 Å². The number of nitrogens with zero attached hydrogens (tertiary/aromatic N) is 1. The fraction of sp³-hybridized carbons (Fsp3) is 0.857. The van der Waals surface area contributed by atoms with Crippen LogP contribution in [0.3, 0.4) is 0 Å². The van der Waals surface area contributed by atoms with Crippen molar-refractivity contribution in [1.29, 1.82) is 0 Å². The SMILES string of the molecule is C/C=C/CCN1CC(C)(C)NCC1C(C)C. The van der Waals surface area contributed by atoms with Crippen molar-refractivity contribution >= 4 is 0 Å². The summed E-state index contributed by atoms with van der Waals surface area (Å²) >= 11 is 0. The van der Waals surface area contributed by atoms with Gasteiger partial charge < -0.3 is 5.32 Å². The fourth-order valence-corrected chi connectivity index (χ4v) is 2.50. The molecule has 1 heterocycles. The maximum absolute atomic E-state index is 3.65. The molecule has 1 rings (SSSR count). The van der Waals surface area contributed by atoms with Gasteiger partial charge in [-0.2, -0.15) is 0 Å². The molecule has 0 radical (unpaired) electrons. The maximum atomic E-state index is 3.65. The Hall–Kier alpha value is -0.340. The molecule has 1 fully saturated rings. The molecule has 2 nitrogen and oxygen atoms in total. The monoisotopic (exact) mass is 224 g/mol. The molecule has 1 aliphatic rings. The highest BCUT2D eigenvalue weighted by Gasteiger charge is 2.33. The number of rotatable bonds is 4. The quantitative estimate of drug-likeness (QED) is 0.739. The van der Waals surface area contributed by atoms with Crippen molar-refractivity contribution in [3.8, 4) is 0 Å². The number of allylic oxidation sites excluding steroid dienone is 1. The summed E-state index contributed by atoms with van der Waals surface area (Å²) in [5.41, 5.74) is 0.265. The molecular formula is C14H28N2. The summed E-state index contributed by atoms with van der Waals surface area (Å²) in [5.74, 6) is 0.731. The van der Waals surface area contributed by atoms with Crippen LogP contribution in [-0.4, -0.2) is 36.1 Å². The third-order valence-corrected chi connectivity index (χ3v) is 3.45. The smallest absolute Gasteiger partial charge is 0.0252 e. The minimum Gasteiger partial charge on any atom is -0.309 e. The van der Waals surface area contributed by atoms with Gasteiger partial charge >= 0.3 is 0 Å². The second-order valence-electron chi connectivity index (χ2n) is 5.90. The standard InChI is InChI=1S/C14H28N2/c1-6-7-8-9-16-11-14(4,5)15-10-13(16)12(2)3/h6-7,12-13,15H,8-11H2,1-5H3/b7-6+. The van der Waals surface area contributed by atoms with Crippen LogP contribution >= 0.6 is 0 Å². The normalized spacial score (nSPS) is 26.8. The van der Waals surface area contributed by atoms with Crippen molar-refractivity contribution in [1.82, 2.24) is 10.2 Å². The highest BCUT2D eigenvalue weighted by Crippen LogP contribution is 2.20. The average molecular weight is 224 g/mol. The second-order valence-corrected chi connectivity index (χ2v) is 5.90. The number of hydrogen-bond acceptors (Lipinski definition) is 2. The lowest BCUT2D eigenvalue weighted by Gasteiger charge is -2.46. The van der Waals surface area contributed by atoms with Gasteiger partial charge in [0.05, 0.1) is 0 Å². The zero-order valence-electron chi connectivity index (χ0n) is 11.6. The zero-order chi connectivity index (χ0) is 12.2. The van der Waals surface area contributed by atoms with Crippen LogP contribution < -0.4 is 5.32 Å². The summed E-state index contributed by atoms with van der Waals surface area (Å²) in [5, 5.41) is 3.65. The van der Waals surface area contributed by atoms with Gasteiger partial charge in [-0.1, -0.05) is 26.0 Å². The van der Waals surface area contributed by atoms with E-state index in [0.29, 0.717) is 6.04 Å². The maximum Gasteiger partial charge on any atom is 0.0252 e. The Morgan fingerprint density at radius 1 is 1.44 bits per heavy atom. The van der Waals surface area contributed by atoms with E-state index in [1.54, 1.807) is 0 Å². The molecule has 0 aromatic carbocycles. The molecule has 0 bridgehead atoms. The predicted octanol–water partition coefficient (Wildman–Crippen LogP) is 2.66. The fourth-order valence-electron chi connectivity index (χ4n) is 2.50. The average Bonchev–Trinajstić information content (AvgIpc) is 2.16. The minimum absolute atomic E-state index is 0.265. The van der Waals surface area contributed by atoms with Gasteiger partial charge in [-0.15, -0.1) is 0 Å². The molecule has 1 N–H and O–H groups in total. The molecule has 0 aromatic heterocycles. The number of piperazine rings is 1. The summed E-state index contributed by atoms with van der Waals surface area (Å²) in [4.78, 5) is 2.65. The van der Waals surface area contributed by atoms with Gasteiger partial charge in [0.1, 0.15) is 0 Å². The van der Waals surface area contributed by atoms with E-state index in [-0.39, 0.29) is 5.54 Å². The highest BCUT2D eigenvalue weighted by atomic mass is 15.2. The highest BCUT2D eigenvalue weighted by molar-refractivity contribution is 4.94. The summed E-state index contributed by atoms with van der Waals surface area (Å²) in [6.07, 6.45) is 5.60. The third kappa shape index (κ3) is 3.91. The molecule has 0 aliphatic carbocycles. The van der Waals surface area contributed by atoms with E-state index in [9.17, 15) is 0 Å². The van der Waals surface area contributed by atoms with E-state index in [1.807, 2.05) is 0 Å². The lowest BCUT2D eigenvalue weighted by atomic mass is 9.93. The van der Waals surface area contributed by atoms with Crippen molar-refractivity contribution in [2.75, 3.05) is 19.6 Å². The topological polar surface area (TPSA) is 15.3 Å². The van der Waals surface area contributed by atoms with E-state index >= 15 is 0 Å². The van der Waals surface area contributed by atoms with Crippen LogP contribution in [-0.2, 0) is 0 Å². The molecular weight excluding hydrogens is 196 g/mol. The molecule has 2 heteroatoms. The zero-order valence-corrected chi connectivity index (χ0v) is 11.6. The summed E-state index contributed by atoms with van der Waals surface area (Å²) in [7, 11) is 0. The van der Waals surface area contributed by atoms with E-state index < -0.39 is 0 Å². The molecule has 0 amide bonds. The Bertz CT molecular complexity index is 231. The van der Waals surface area contributed by atoms with Crippen LogP contribution in [0.1, 0.15) is 41.0 Å². The molecule has 1 unspecified atom stereocenters. The van der Waals surface area contributed by atoms with Crippen molar-refractivity contribution in [3.05, 3.63) is 12.2 Å². The van der Waals surface area contributed by atoms with Crippen molar-refractivity contribution < 1.29 is 0 Å². The molecule has 0 spiro atoms. The number of nitrogens with one attached hydrogen (secondary N) is 1. The second kappa shape index (κ2) is 5.83. The molecule has 1 saturated heterocycles. The van der Waals surface area contributed by atoms with Gasteiger partial charge in [-0.25, -0.2) is 0 Å². The van der Waals surface area contributed by atoms with E-state index in [1.165, 1.54) is 13.0 Å². The van der Waals surface area contributed by atoms with Gasteiger partial charge in [0.15, 0.2) is 0 Å². The predicted molar refractivity (Wildman–Crippen MR) is 71.7 cm³/mol. The van der Waals surface area contributed by atoms with E-state index in [2.05, 4.69) is 57.0 Å². The first kappa shape index (κ1) is 13.7. The molecule has 1 atom stereocenters. The Kier molecular flexibility index (Phi) is 5.00. The van der Waals surface area contributed by atoms with Gasteiger partial charge in [0.2, 0.25) is 0 Å². The van der Waals surface area contributed by atoms with Gasteiger partial charge in [-0.3, -0.25) is 4.90 Å². The summed E-state index contributed by atoms with van der Waals surface area (Å²) in [6.45, 7) is 14.8. The summed E-state index contributed by atoms with van der Waals surface area (Å²) < 4.78 is 0. The first-order valence-corrected chi connectivity index (χ1v) is 6.56. The molecule has 94 valence electrons. The van der Waals surface area contributed by atoms with Crippen molar-refractivity contribution in [2.45, 2.75) is 52.6 Å². The van der Waals surface area contributed by atoms with Gasteiger partial charge in [0.25, 0.3) is 0 Å². The lowest BCUT2D eigenvalue weighted by molar-refractivity contribution is 0.0711. The van der Waals surface area contributed by atoms with Crippen LogP contribution in [0.15, 0.2) is 12.2 Å². The van der Waals surface area contributed by atoms with Crippen molar-refractivity contribution in [3.63, 3.8) is 0 Å². The first-order valence-electron chi connectivity index (χ1n) is 6.56. The van der Waals surface area contributed by atoms with Crippen LogP contribution in [0.5, 0.6) is 0 Å². The van der Waals surface area contributed by atoms with Crippen LogP contribution in [0, 0.1) is 5.92 Å². The summed E-state index contributed by atoms with van der Waals surface area (Å²) in [6, 6.07) is 0.693. The largest absolute Gasteiger partial charge is 0.309 e. The lowest BCUT2D eigenvalue weighted by Crippen LogP contribution is -2.62. The molecule has 16 heavy (non-hydrogen) atoms. The Labute approximate surface area is 101 Å². The minimum atomic E-state index is 0.265. The van der Waals surface area contributed by atoms with Gasteiger partial charge in [-0.05, 0) is 33.1 Å². The van der Waals surface area contributed by atoms with Crippen LogP contribution in [0.25, 0.3) is 0 Å². The third-order valence-electron chi connectivity index (χ3n) is 3.45. The molecule has 0 aromatic rings. The van der Waals surface area contributed by atoms with Crippen LogP contribution in [0.2, 0.25) is 0 Å². The Morgan fingerprint density at radius 3 is 2.69 bits per heavy atom. The van der Waals surface area contributed by atoms with Crippen molar-refractivity contribution in [2.24, 2.45) is 5.92 Å². The van der Waals surface area contributed by atoms with E-state index in [0.717, 1.165) is 19.0 Å².